The van der Waals surface area contributed by atoms with Crippen LogP contribution in [0, 0.1) is 12.7 Å². The molecule has 3 nitrogen and oxygen atoms in total. The van der Waals surface area contributed by atoms with Crippen LogP contribution in [-0.2, 0) is 0 Å². The molecule has 2 saturated heterocycles. The third kappa shape index (κ3) is 2.92. The van der Waals surface area contributed by atoms with Crippen LogP contribution in [0.2, 0.25) is 0 Å². The van der Waals surface area contributed by atoms with Crippen molar-refractivity contribution in [3.8, 4) is 0 Å². The van der Waals surface area contributed by atoms with Crippen molar-refractivity contribution in [2.45, 2.75) is 57.7 Å². The Morgan fingerprint density at radius 2 is 1.88 bits per heavy atom. The third-order valence-corrected chi connectivity index (χ3v) is 6.74. The first-order valence-electron chi connectivity index (χ1n) is 9.29. The molecule has 0 aliphatic carbocycles. The minimum absolute atomic E-state index is 0.0681. The second kappa shape index (κ2) is 6.38. The predicted molar refractivity (Wildman–Crippen MR) is 104 cm³/mol. The second-order valence-corrected chi connectivity index (χ2v) is 9.34. The van der Waals surface area contributed by atoms with Gasteiger partial charge in [-0.25, -0.2) is 4.39 Å². The molecule has 2 fully saturated rings. The highest BCUT2D eigenvalue weighted by molar-refractivity contribution is 7.13. The number of likely N-dealkylation sites (tertiary alicyclic amines) is 1. The molecule has 1 aromatic heterocycles. The molecule has 0 bridgehead atoms. The Kier molecular flexibility index (Phi) is 4.30. The summed E-state index contributed by atoms with van der Waals surface area (Å²) in [5.41, 5.74) is 0.978. The molecule has 1 amide bonds. The van der Waals surface area contributed by atoms with E-state index in [9.17, 15) is 9.18 Å². The summed E-state index contributed by atoms with van der Waals surface area (Å²) in [6.45, 7) is 7.32. The highest BCUT2D eigenvalue weighted by Crippen LogP contribution is 2.44. The van der Waals surface area contributed by atoms with Gasteiger partial charge in [0.2, 0.25) is 0 Å². The molecule has 0 saturated carbocycles. The fraction of sp³-hybridized carbons (Fsp3) is 0.476. The molecule has 26 heavy (non-hydrogen) atoms. The van der Waals surface area contributed by atoms with Crippen molar-refractivity contribution in [2.75, 3.05) is 11.4 Å². The van der Waals surface area contributed by atoms with E-state index in [1.807, 2.05) is 31.2 Å². The van der Waals surface area contributed by atoms with E-state index in [2.05, 4.69) is 23.6 Å². The van der Waals surface area contributed by atoms with Crippen molar-refractivity contribution in [2.24, 2.45) is 0 Å². The molecular formula is C21H25FN2OS. The lowest BCUT2D eigenvalue weighted by atomic mass is 9.94. The number of hydrogen-bond acceptors (Lipinski definition) is 3. The number of halogens is 1. The van der Waals surface area contributed by atoms with Crippen LogP contribution >= 0.6 is 11.3 Å². The summed E-state index contributed by atoms with van der Waals surface area (Å²) in [7, 11) is 0. The number of nitrogens with zero attached hydrogens (tertiary/aromatic N) is 2. The number of aryl methyl sites for hydroxylation is 1. The monoisotopic (exact) mass is 372 g/mol. The van der Waals surface area contributed by atoms with Crippen LogP contribution in [0.5, 0.6) is 0 Å². The lowest BCUT2D eigenvalue weighted by Gasteiger charge is -2.42. The van der Waals surface area contributed by atoms with Crippen molar-refractivity contribution < 1.29 is 9.18 Å². The van der Waals surface area contributed by atoms with Gasteiger partial charge in [0.05, 0.1) is 17.0 Å². The highest BCUT2D eigenvalue weighted by Gasteiger charge is 2.50. The zero-order chi connectivity index (χ0) is 18.5. The Morgan fingerprint density at radius 3 is 2.54 bits per heavy atom. The van der Waals surface area contributed by atoms with Gasteiger partial charge in [-0.05, 0) is 76.4 Å². The normalized spacial score (nSPS) is 24.6. The van der Waals surface area contributed by atoms with Crippen LogP contribution in [-0.4, -0.2) is 35.0 Å². The Hall–Kier alpha value is -1.88. The van der Waals surface area contributed by atoms with E-state index >= 15 is 0 Å². The van der Waals surface area contributed by atoms with Gasteiger partial charge in [-0.3, -0.25) is 4.79 Å². The summed E-state index contributed by atoms with van der Waals surface area (Å²) in [6.07, 6.45) is 3.01. The van der Waals surface area contributed by atoms with Crippen molar-refractivity contribution in [1.29, 1.82) is 0 Å². The lowest BCUT2D eigenvalue weighted by molar-refractivity contribution is 0.0610. The number of benzene rings is 1. The number of anilines is 1. The maximum absolute atomic E-state index is 13.4. The van der Waals surface area contributed by atoms with Gasteiger partial charge in [-0.2, -0.15) is 0 Å². The van der Waals surface area contributed by atoms with Crippen molar-refractivity contribution in [1.82, 2.24) is 4.90 Å². The molecule has 2 aliphatic heterocycles. The van der Waals surface area contributed by atoms with Gasteiger partial charge in [0, 0.05) is 22.6 Å². The van der Waals surface area contributed by atoms with E-state index in [0.29, 0.717) is 0 Å². The van der Waals surface area contributed by atoms with Crippen molar-refractivity contribution in [3.05, 3.63) is 52.0 Å². The van der Waals surface area contributed by atoms with E-state index in [0.717, 1.165) is 36.4 Å². The first kappa shape index (κ1) is 17.5. The fourth-order valence-electron chi connectivity index (χ4n) is 4.73. The summed E-state index contributed by atoms with van der Waals surface area (Å²) in [6, 6.07) is 11.2. The zero-order valence-electron chi connectivity index (χ0n) is 15.5. The van der Waals surface area contributed by atoms with Gasteiger partial charge >= 0.3 is 0 Å². The van der Waals surface area contributed by atoms with Gasteiger partial charge in [0.1, 0.15) is 5.82 Å². The zero-order valence-corrected chi connectivity index (χ0v) is 16.4. The molecule has 2 aliphatic rings. The smallest absolute Gasteiger partial charge is 0.264 e. The molecule has 0 unspecified atom stereocenters. The lowest BCUT2D eigenvalue weighted by Crippen LogP contribution is -2.52. The molecule has 0 N–H and O–H groups in total. The highest BCUT2D eigenvalue weighted by atomic mass is 32.1. The molecule has 138 valence electrons. The average molecular weight is 373 g/mol. The van der Waals surface area contributed by atoms with Gasteiger partial charge in [-0.1, -0.05) is 0 Å². The quantitative estimate of drug-likeness (QED) is 0.752. The number of amides is 1. The SMILES string of the molecule is Cc1ccc(C(=O)N2CCC[C@H]3[C@@H]2CC(C)(C)N3c2ccc(F)cc2)s1. The maximum atomic E-state index is 13.4. The summed E-state index contributed by atoms with van der Waals surface area (Å²) in [4.78, 5) is 19.6. The number of carbonyl (C=O) groups excluding carboxylic acids is 1. The van der Waals surface area contributed by atoms with Crippen LogP contribution in [0.25, 0.3) is 0 Å². The van der Waals surface area contributed by atoms with Gasteiger partial charge in [0.15, 0.2) is 0 Å². The number of hydrogen-bond donors (Lipinski definition) is 0. The summed E-state index contributed by atoms with van der Waals surface area (Å²) in [5, 5.41) is 0. The van der Waals surface area contributed by atoms with Gasteiger partial charge in [-0.15, -0.1) is 11.3 Å². The number of piperidine rings is 1. The van der Waals surface area contributed by atoms with E-state index < -0.39 is 0 Å². The second-order valence-electron chi connectivity index (χ2n) is 8.05. The van der Waals surface area contributed by atoms with Crippen LogP contribution in [0.4, 0.5) is 10.1 Å². The molecule has 2 atom stereocenters. The van der Waals surface area contributed by atoms with Gasteiger partial charge < -0.3 is 9.80 Å². The molecule has 0 radical (unpaired) electrons. The van der Waals surface area contributed by atoms with Crippen LogP contribution in [0.15, 0.2) is 36.4 Å². The van der Waals surface area contributed by atoms with Crippen LogP contribution in [0.3, 0.4) is 0 Å². The number of carbonyl (C=O) groups is 1. The Bertz CT molecular complexity index is 814. The molecular weight excluding hydrogens is 347 g/mol. The summed E-state index contributed by atoms with van der Waals surface area (Å²) >= 11 is 1.58. The third-order valence-electron chi connectivity index (χ3n) is 5.75. The number of thiophene rings is 1. The molecule has 0 spiro atoms. The fourth-order valence-corrected chi connectivity index (χ4v) is 5.55. The van der Waals surface area contributed by atoms with E-state index in [1.54, 1.807) is 11.3 Å². The Balaban J connectivity index is 1.65. The minimum Gasteiger partial charge on any atom is -0.361 e. The molecule has 5 heteroatoms. The van der Waals surface area contributed by atoms with Crippen molar-refractivity contribution in [3.63, 3.8) is 0 Å². The van der Waals surface area contributed by atoms with Crippen LogP contribution < -0.4 is 4.90 Å². The molecule has 3 heterocycles. The molecule has 1 aromatic carbocycles. The first-order valence-corrected chi connectivity index (χ1v) is 10.1. The summed E-state index contributed by atoms with van der Waals surface area (Å²) in [5.74, 6) is -0.0506. The number of rotatable bonds is 2. The molecule has 4 rings (SSSR count). The maximum Gasteiger partial charge on any atom is 0.264 e. The average Bonchev–Trinajstić information content (AvgIpc) is 3.14. The topological polar surface area (TPSA) is 23.6 Å². The summed E-state index contributed by atoms with van der Waals surface area (Å²) < 4.78 is 13.4. The molecule has 2 aromatic rings. The number of fused-ring (bicyclic) bond motifs is 1. The van der Waals surface area contributed by atoms with E-state index in [4.69, 9.17) is 0 Å². The van der Waals surface area contributed by atoms with Gasteiger partial charge in [0.25, 0.3) is 5.91 Å². The van der Waals surface area contributed by atoms with Crippen LogP contribution in [0.1, 0.15) is 47.7 Å². The first-order chi connectivity index (χ1) is 12.4. The Labute approximate surface area is 158 Å². The van der Waals surface area contributed by atoms with Crippen molar-refractivity contribution >= 4 is 22.9 Å². The Morgan fingerprint density at radius 1 is 1.15 bits per heavy atom. The predicted octanol–water partition coefficient (Wildman–Crippen LogP) is 4.86. The van der Waals surface area contributed by atoms with E-state index in [-0.39, 0.29) is 29.3 Å². The minimum atomic E-state index is -0.212. The van der Waals surface area contributed by atoms with E-state index in [1.165, 1.54) is 17.0 Å². The largest absolute Gasteiger partial charge is 0.361 e. The standard InChI is InChI=1S/C21H25FN2OS/c1-14-6-11-19(26-14)20(25)23-12-4-5-17-18(23)13-21(2,3)24(17)16-9-7-15(22)8-10-16/h6-11,17-18H,4-5,12-13H2,1-3H3/t17-,18-/m0/s1.